The summed E-state index contributed by atoms with van der Waals surface area (Å²) in [7, 11) is 0. The summed E-state index contributed by atoms with van der Waals surface area (Å²) in [6, 6.07) is 0. The van der Waals surface area contributed by atoms with E-state index in [9.17, 15) is 0 Å². The molecule has 0 fully saturated rings. The third-order valence-corrected chi connectivity index (χ3v) is 1.46. The summed E-state index contributed by atoms with van der Waals surface area (Å²) < 4.78 is -1.19. The van der Waals surface area contributed by atoms with E-state index in [-0.39, 0.29) is 0 Å². The molecule has 0 radical (unpaired) electrons. The van der Waals surface area contributed by atoms with Crippen molar-refractivity contribution in [3.63, 3.8) is 0 Å². The molecule has 0 rings (SSSR count). The van der Waals surface area contributed by atoms with E-state index in [1.807, 2.05) is 13.0 Å². The number of allylic oxidation sites excluding steroid dienone is 2. The van der Waals surface area contributed by atoms with Crippen molar-refractivity contribution in [1.29, 1.82) is 0 Å². The molecule has 0 nitrogen and oxygen atoms in total. The monoisotopic (exact) mass is 220 g/mol. The van der Waals surface area contributed by atoms with E-state index < -0.39 is 3.79 Å². The topological polar surface area (TPSA) is 0 Å². The van der Waals surface area contributed by atoms with Gasteiger partial charge in [0.2, 0.25) is 0 Å². The molecule has 0 aromatic carbocycles. The molecule has 0 N–H and O–H groups in total. The van der Waals surface area contributed by atoms with Gasteiger partial charge in [0.25, 0.3) is 0 Å². The molecular formula is C6H8Cl4. The molecule has 0 aliphatic rings. The zero-order valence-corrected chi connectivity index (χ0v) is 8.53. The van der Waals surface area contributed by atoms with Gasteiger partial charge in [0, 0.05) is 12.3 Å². The smallest absolute Gasteiger partial charge is 0.122 e. The van der Waals surface area contributed by atoms with Crippen LogP contribution in [0.3, 0.4) is 0 Å². The summed E-state index contributed by atoms with van der Waals surface area (Å²) in [6.07, 6.45) is 2.26. The molecule has 60 valence electrons. The van der Waals surface area contributed by atoms with Crippen LogP contribution in [0.5, 0.6) is 0 Å². The number of halogens is 4. The van der Waals surface area contributed by atoms with E-state index in [1.165, 1.54) is 0 Å². The molecule has 0 saturated heterocycles. The molecule has 0 aromatic heterocycles. The zero-order valence-electron chi connectivity index (χ0n) is 5.50. The molecule has 0 heterocycles. The number of alkyl halides is 4. The zero-order chi connectivity index (χ0) is 8.20. The van der Waals surface area contributed by atoms with Gasteiger partial charge in [-0.25, -0.2) is 0 Å². The Bertz CT molecular complexity index is 122. The summed E-state index contributed by atoms with van der Waals surface area (Å²) in [5, 5.41) is 0. The SMILES string of the molecule is C/C(=C\CCl)CC(Cl)(Cl)Cl. The maximum Gasteiger partial charge on any atom is 0.194 e. The van der Waals surface area contributed by atoms with E-state index in [2.05, 4.69) is 0 Å². The lowest BCUT2D eigenvalue weighted by Gasteiger charge is -2.09. The van der Waals surface area contributed by atoms with Gasteiger partial charge in [-0.05, 0) is 6.92 Å². The van der Waals surface area contributed by atoms with Gasteiger partial charge in [-0.15, -0.1) is 11.6 Å². The van der Waals surface area contributed by atoms with Crippen molar-refractivity contribution >= 4 is 46.4 Å². The summed E-state index contributed by atoms with van der Waals surface area (Å²) in [5.41, 5.74) is 0.995. The molecule has 10 heavy (non-hydrogen) atoms. The molecule has 0 atom stereocenters. The fraction of sp³-hybridized carbons (Fsp3) is 0.667. The van der Waals surface area contributed by atoms with E-state index >= 15 is 0 Å². The van der Waals surface area contributed by atoms with Gasteiger partial charge in [-0.3, -0.25) is 0 Å². The highest BCUT2D eigenvalue weighted by atomic mass is 35.6. The average Bonchev–Trinajstić information content (AvgIpc) is 1.59. The highest BCUT2D eigenvalue weighted by Gasteiger charge is 2.19. The lowest BCUT2D eigenvalue weighted by atomic mass is 10.2. The Labute approximate surface area is 81.1 Å². The standard InChI is InChI=1S/C6H8Cl4/c1-5(2-3-7)4-6(8,9)10/h2H,3-4H2,1H3/b5-2+. The Morgan fingerprint density at radius 3 is 2.20 bits per heavy atom. The molecular weight excluding hydrogens is 214 g/mol. The third kappa shape index (κ3) is 7.01. The van der Waals surface area contributed by atoms with Gasteiger partial charge in [0.1, 0.15) is 0 Å². The molecule has 0 aliphatic heterocycles. The first-order valence-corrected chi connectivity index (χ1v) is 4.41. The largest absolute Gasteiger partial charge is 0.194 e. The first kappa shape index (κ1) is 10.9. The van der Waals surface area contributed by atoms with Gasteiger partial charge < -0.3 is 0 Å². The Balaban J connectivity index is 3.79. The Hall–Kier alpha value is 0.900. The van der Waals surface area contributed by atoms with Gasteiger partial charge in [-0.1, -0.05) is 46.5 Å². The number of hydrogen-bond acceptors (Lipinski definition) is 0. The summed E-state index contributed by atoms with van der Waals surface area (Å²) in [4.78, 5) is 0. The second-order valence-electron chi connectivity index (χ2n) is 2.00. The lowest BCUT2D eigenvalue weighted by Crippen LogP contribution is -2.01. The lowest BCUT2D eigenvalue weighted by molar-refractivity contribution is 0.990. The second-order valence-corrected chi connectivity index (χ2v) is 4.82. The Morgan fingerprint density at radius 1 is 1.40 bits per heavy atom. The number of hydrogen-bond donors (Lipinski definition) is 0. The predicted molar refractivity (Wildman–Crippen MR) is 49.4 cm³/mol. The average molecular weight is 222 g/mol. The van der Waals surface area contributed by atoms with Crippen LogP contribution in [-0.4, -0.2) is 9.67 Å². The fourth-order valence-corrected chi connectivity index (χ4v) is 1.42. The number of rotatable bonds is 2. The van der Waals surface area contributed by atoms with Crippen LogP contribution in [0, 0.1) is 0 Å². The maximum atomic E-state index is 5.51. The highest BCUT2D eigenvalue weighted by molar-refractivity contribution is 6.67. The first-order chi connectivity index (χ1) is 4.45. The minimum atomic E-state index is -1.19. The fourth-order valence-electron chi connectivity index (χ4n) is 0.520. The van der Waals surface area contributed by atoms with E-state index in [0.717, 1.165) is 5.57 Å². The predicted octanol–water partition coefficient (Wildman–Crippen LogP) is 3.93. The highest BCUT2D eigenvalue weighted by Crippen LogP contribution is 2.32. The molecule has 0 aromatic rings. The molecule has 0 unspecified atom stereocenters. The van der Waals surface area contributed by atoms with E-state index in [4.69, 9.17) is 46.4 Å². The van der Waals surface area contributed by atoms with Gasteiger partial charge >= 0.3 is 0 Å². The van der Waals surface area contributed by atoms with Crippen molar-refractivity contribution in [1.82, 2.24) is 0 Å². The van der Waals surface area contributed by atoms with E-state index in [0.29, 0.717) is 12.3 Å². The van der Waals surface area contributed by atoms with Gasteiger partial charge in [-0.2, -0.15) is 0 Å². The summed E-state index contributed by atoms with van der Waals surface area (Å²) in [6.45, 7) is 1.88. The van der Waals surface area contributed by atoms with Crippen molar-refractivity contribution in [2.75, 3.05) is 5.88 Å². The normalized spacial score (nSPS) is 13.9. The van der Waals surface area contributed by atoms with Crippen LogP contribution < -0.4 is 0 Å². The second kappa shape index (κ2) is 4.71. The van der Waals surface area contributed by atoms with Crippen molar-refractivity contribution in [2.24, 2.45) is 0 Å². The molecule has 0 bridgehead atoms. The van der Waals surface area contributed by atoms with Crippen LogP contribution in [0.4, 0.5) is 0 Å². The quantitative estimate of drug-likeness (QED) is 0.490. The molecule has 0 saturated carbocycles. The van der Waals surface area contributed by atoms with Gasteiger partial charge in [0.05, 0.1) is 0 Å². The van der Waals surface area contributed by atoms with Crippen LogP contribution in [0.15, 0.2) is 11.6 Å². The Kier molecular flexibility index (Phi) is 5.14. The minimum absolute atomic E-state index is 0.435. The van der Waals surface area contributed by atoms with Crippen molar-refractivity contribution < 1.29 is 0 Å². The van der Waals surface area contributed by atoms with Crippen LogP contribution in [0.1, 0.15) is 13.3 Å². The van der Waals surface area contributed by atoms with Crippen molar-refractivity contribution in [3.8, 4) is 0 Å². The molecule has 0 aliphatic carbocycles. The molecule has 0 spiro atoms. The van der Waals surface area contributed by atoms with Crippen molar-refractivity contribution in [2.45, 2.75) is 17.1 Å². The van der Waals surface area contributed by atoms with Crippen LogP contribution in [-0.2, 0) is 0 Å². The molecule has 4 heteroatoms. The summed E-state index contributed by atoms with van der Waals surface area (Å²) in [5.74, 6) is 0.465. The minimum Gasteiger partial charge on any atom is -0.122 e. The first-order valence-electron chi connectivity index (χ1n) is 2.74. The maximum absolute atomic E-state index is 5.51. The van der Waals surface area contributed by atoms with Crippen molar-refractivity contribution in [3.05, 3.63) is 11.6 Å². The third-order valence-electron chi connectivity index (χ3n) is 0.905. The van der Waals surface area contributed by atoms with E-state index in [1.54, 1.807) is 0 Å². The Morgan fingerprint density at radius 2 is 1.90 bits per heavy atom. The van der Waals surface area contributed by atoms with Gasteiger partial charge in [0.15, 0.2) is 3.79 Å². The van der Waals surface area contributed by atoms with Crippen LogP contribution in [0.25, 0.3) is 0 Å². The summed E-state index contributed by atoms with van der Waals surface area (Å²) >= 11 is 22.0. The molecule has 0 amide bonds. The van der Waals surface area contributed by atoms with Crippen LogP contribution in [0.2, 0.25) is 0 Å². The van der Waals surface area contributed by atoms with Crippen LogP contribution >= 0.6 is 46.4 Å².